The monoisotopic (exact) mass is 519 g/mol. The van der Waals surface area contributed by atoms with E-state index in [1.165, 1.54) is 0 Å². The summed E-state index contributed by atoms with van der Waals surface area (Å²) < 4.78 is 77.9. The van der Waals surface area contributed by atoms with Gasteiger partial charge in [-0.15, -0.1) is 0 Å². The molecule has 21 heteroatoms. The van der Waals surface area contributed by atoms with Crippen LogP contribution < -0.4 is 5.73 Å². The molecular formula is C9H14F2N3O12P3S. The molecule has 7 N–H and O–H groups in total. The molecule has 2 rings (SSSR count). The van der Waals surface area contributed by atoms with Gasteiger partial charge in [0.1, 0.15) is 12.2 Å². The number of phosphoric ester groups is 1. The van der Waals surface area contributed by atoms with Crippen molar-refractivity contribution in [1.29, 1.82) is 0 Å². The molecule has 0 aliphatic carbocycles. The van der Waals surface area contributed by atoms with Crippen LogP contribution in [0.2, 0.25) is 0 Å². The second kappa shape index (κ2) is 9.03. The summed E-state index contributed by atoms with van der Waals surface area (Å²) in [5, 5.41) is 9.95. The molecule has 15 nitrogen and oxygen atoms in total. The van der Waals surface area contributed by atoms with Crippen molar-refractivity contribution in [3.8, 4) is 0 Å². The van der Waals surface area contributed by atoms with E-state index >= 15 is 0 Å². The maximum Gasteiger partial charge on any atom is 0.490 e. The Morgan fingerprint density at radius 2 is 1.83 bits per heavy atom. The second-order valence-corrected chi connectivity index (χ2v) is 10.3. The first kappa shape index (κ1) is 25.5. The first-order valence-corrected chi connectivity index (χ1v) is 12.2. The lowest BCUT2D eigenvalue weighted by atomic mass is 10.1. The van der Waals surface area contributed by atoms with Crippen LogP contribution in [0.25, 0.3) is 0 Å². The van der Waals surface area contributed by atoms with Gasteiger partial charge in [0.15, 0.2) is 24.0 Å². The first-order valence-electron chi connectivity index (χ1n) is 7.31. The minimum atomic E-state index is -5.77. The second-order valence-electron chi connectivity index (χ2n) is 5.55. The van der Waals surface area contributed by atoms with E-state index in [2.05, 4.69) is 18.1 Å². The van der Waals surface area contributed by atoms with Crippen LogP contribution in [-0.2, 0) is 31.6 Å². The number of phosphoric acid groups is 3. The molecule has 0 aromatic carbocycles. The summed E-state index contributed by atoms with van der Waals surface area (Å²) in [5.41, 5.74) is 5.22. The van der Waals surface area contributed by atoms with E-state index in [1.54, 1.807) is 0 Å². The molecule has 1 saturated heterocycles. The van der Waals surface area contributed by atoms with Gasteiger partial charge in [0, 0.05) is 6.20 Å². The zero-order chi connectivity index (χ0) is 23.1. The van der Waals surface area contributed by atoms with Crippen LogP contribution in [0.3, 0.4) is 0 Å². The van der Waals surface area contributed by atoms with E-state index in [4.69, 9.17) is 37.4 Å². The fraction of sp³-hybridized carbons (Fsp3) is 0.556. The van der Waals surface area contributed by atoms with Gasteiger partial charge in [-0.25, -0.2) is 22.5 Å². The highest BCUT2D eigenvalue weighted by Gasteiger charge is 2.47. The summed E-state index contributed by atoms with van der Waals surface area (Å²) in [6.45, 7) is -1.17. The third-order valence-corrected chi connectivity index (χ3v) is 7.42. The van der Waals surface area contributed by atoms with Crippen molar-refractivity contribution < 1.29 is 65.0 Å². The lowest BCUT2D eigenvalue weighted by Gasteiger charge is -2.19. The van der Waals surface area contributed by atoms with E-state index < -0.39 is 71.1 Å². The molecule has 6 atom stereocenters. The number of anilines is 1. The van der Waals surface area contributed by atoms with Crippen LogP contribution in [0.4, 0.5) is 14.6 Å². The maximum atomic E-state index is 14.3. The van der Waals surface area contributed by atoms with Crippen LogP contribution >= 0.6 is 35.7 Å². The minimum absolute atomic E-state index is 0.390. The van der Waals surface area contributed by atoms with Crippen molar-refractivity contribution in [2.75, 3.05) is 12.3 Å². The highest BCUT2D eigenvalue weighted by molar-refractivity contribution is 7.71. The molecule has 0 amide bonds. The Morgan fingerprint density at radius 1 is 1.23 bits per heavy atom. The molecule has 1 aromatic rings. The quantitative estimate of drug-likeness (QED) is 0.200. The van der Waals surface area contributed by atoms with Crippen LogP contribution in [0, 0.1) is 10.6 Å². The molecule has 0 spiro atoms. The number of nitrogen functional groups attached to an aromatic ring is 1. The summed E-state index contributed by atoms with van der Waals surface area (Å²) in [6.07, 6.45) is -7.03. The van der Waals surface area contributed by atoms with Gasteiger partial charge in [-0.05, 0) is 12.2 Å². The number of hydrogen-bond donors (Lipinski definition) is 6. The summed E-state index contributed by atoms with van der Waals surface area (Å²) in [7, 11) is -16.9. The van der Waals surface area contributed by atoms with Gasteiger partial charge in [0.25, 0.3) is 0 Å². The number of aliphatic hydroxyl groups excluding tert-OH is 1. The third kappa shape index (κ3) is 6.64. The van der Waals surface area contributed by atoms with E-state index in [9.17, 15) is 32.5 Å². The third-order valence-electron chi connectivity index (χ3n) is 3.31. The van der Waals surface area contributed by atoms with Crippen LogP contribution in [0.15, 0.2) is 6.20 Å². The van der Waals surface area contributed by atoms with Crippen molar-refractivity contribution in [1.82, 2.24) is 9.55 Å². The van der Waals surface area contributed by atoms with E-state index in [0.29, 0.717) is 6.20 Å². The Morgan fingerprint density at radius 3 is 2.40 bits per heavy atom. The molecule has 0 saturated carbocycles. The summed E-state index contributed by atoms with van der Waals surface area (Å²) in [4.78, 5) is 38.7. The lowest BCUT2D eigenvalue weighted by molar-refractivity contribution is -0.0524. The van der Waals surface area contributed by atoms with Crippen LogP contribution in [-0.4, -0.2) is 59.2 Å². The molecule has 0 radical (unpaired) electrons. The highest BCUT2D eigenvalue weighted by atomic mass is 32.1. The lowest BCUT2D eigenvalue weighted by Crippen LogP contribution is -2.30. The summed E-state index contributed by atoms with van der Waals surface area (Å²) in [6, 6.07) is 0. The average molecular weight is 519 g/mol. The van der Waals surface area contributed by atoms with Crippen molar-refractivity contribution in [3.05, 3.63) is 16.8 Å². The minimum Gasteiger partial charge on any atom is -0.385 e. The van der Waals surface area contributed by atoms with Crippen molar-refractivity contribution in [2.45, 2.75) is 24.6 Å². The van der Waals surface area contributed by atoms with Crippen LogP contribution in [0.1, 0.15) is 6.23 Å². The molecule has 1 aliphatic heterocycles. The number of hydrogen-bond acceptors (Lipinski definition) is 11. The fourth-order valence-electron chi connectivity index (χ4n) is 2.18. The van der Waals surface area contributed by atoms with Crippen LogP contribution in [0.5, 0.6) is 0 Å². The molecule has 1 fully saturated rings. The predicted octanol–water partition coefficient (Wildman–Crippen LogP) is 0.274. The topological polar surface area (TPSA) is 233 Å². The molecule has 1 aliphatic rings. The highest BCUT2D eigenvalue weighted by Crippen LogP contribution is 2.66. The summed E-state index contributed by atoms with van der Waals surface area (Å²) in [5.74, 6) is -1.63. The van der Waals surface area contributed by atoms with Crippen molar-refractivity contribution >= 4 is 41.5 Å². The van der Waals surface area contributed by atoms with Gasteiger partial charge in [-0.2, -0.15) is 13.6 Å². The maximum absolute atomic E-state index is 14.3. The largest absolute Gasteiger partial charge is 0.490 e. The number of nitrogens with two attached hydrogens (primary N) is 1. The van der Waals surface area contributed by atoms with E-state index in [1.807, 2.05) is 0 Å². The van der Waals surface area contributed by atoms with Gasteiger partial charge in [-0.1, -0.05) is 0 Å². The molecular weight excluding hydrogens is 505 g/mol. The van der Waals surface area contributed by atoms with Crippen molar-refractivity contribution in [3.63, 3.8) is 0 Å². The van der Waals surface area contributed by atoms with Gasteiger partial charge >= 0.3 is 23.5 Å². The number of rotatable bonds is 8. The SMILES string of the molecule is Nc1nc(=S)n([C@@H]2O[C@H](COP(=O)(O)OP(=O)(O)OP(=O)(O)O)C(F)[C@@H]2O)cc1F. The Bertz CT molecular complexity index is 1000. The van der Waals surface area contributed by atoms with Gasteiger partial charge in [0.05, 0.1) is 6.61 Å². The predicted molar refractivity (Wildman–Crippen MR) is 92.1 cm³/mol. The molecule has 1 aromatic heterocycles. The van der Waals surface area contributed by atoms with E-state index in [-0.39, 0.29) is 0 Å². The standard InChI is InChI=1S/C9H14F2N3O12P3S/c10-3-1-14(9(30)13-7(3)12)8-6(15)5(11)4(24-8)2-23-28(19,20)26-29(21,22)25-27(16,17)18/h1,4-6,8,15H,2H2,(H,19,20)(H,21,22)(H2,12,13,30)(H2,16,17,18)/t4-,5?,6+,8-/m1/s1. The first-order chi connectivity index (χ1) is 13.5. The number of nitrogens with zero attached hydrogens (tertiary/aromatic N) is 2. The Balaban J connectivity index is 2.09. The van der Waals surface area contributed by atoms with Gasteiger partial charge in [-0.3, -0.25) is 9.09 Å². The van der Waals surface area contributed by atoms with Crippen molar-refractivity contribution in [2.24, 2.45) is 0 Å². The van der Waals surface area contributed by atoms with E-state index in [0.717, 1.165) is 4.57 Å². The number of alkyl halides is 1. The fourth-order valence-corrected chi connectivity index (χ4v) is 5.47. The Labute approximate surface area is 170 Å². The number of halogens is 2. The molecule has 172 valence electrons. The molecule has 2 heterocycles. The molecule has 0 bridgehead atoms. The average Bonchev–Trinajstić information content (AvgIpc) is 2.81. The summed E-state index contributed by atoms with van der Waals surface area (Å²) >= 11 is 4.81. The molecule has 30 heavy (non-hydrogen) atoms. The Kier molecular flexibility index (Phi) is 7.69. The zero-order valence-electron chi connectivity index (χ0n) is 14.2. The number of aromatic nitrogens is 2. The van der Waals surface area contributed by atoms with Gasteiger partial charge < -0.3 is 35.2 Å². The zero-order valence-corrected chi connectivity index (χ0v) is 17.7. The number of ether oxygens (including phenoxy) is 1. The smallest absolute Gasteiger partial charge is 0.385 e. The number of aliphatic hydroxyl groups is 1. The molecule has 3 unspecified atom stereocenters. The normalized spacial score (nSPS) is 28.8. The van der Waals surface area contributed by atoms with Gasteiger partial charge in [0.2, 0.25) is 4.77 Å². The Hall–Kier alpha value is -0.710.